The lowest BCUT2D eigenvalue weighted by atomic mass is 10.0. The number of nitrogens with zero attached hydrogens (tertiary/aromatic N) is 6. The first-order chi connectivity index (χ1) is 13.6. The van der Waals surface area contributed by atoms with E-state index in [4.69, 9.17) is 14.6 Å². The molecule has 1 fully saturated rings. The van der Waals surface area contributed by atoms with Crippen LogP contribution in [-0.2, 0) is 18.3 Å². The third kappa shape index (κ3) is 3.53. The number of methoxy groups -OCH3 is 1. The number of hydrogen-bond acceptors (Lipinski definition) is 6. The quantitative estimate of drug-likeness (QED) is 0.674. The molecule has 1 unspecified atom stereocenters. The molecule has 1 saturated heterocycles. The van der Waals surface area contributed by atoms with Gasteiger partial charge in [-0.05, 0) is 26.0 Å². The molecule has 1 aromatic carbocycles. The van der Waals surface area contributed by atoms with Crippen molar-refractivity contribution in [3.05, 3.63) is 53.1 Å². The van der Waals surface area contributed by atoms with Crippen LogP contribution in [-0.4, -0.2) is 56.5 Å². The normalized spacial score (nSPS) is 17.8. The molecule has 1 aliphatic rings. The van der Waals surface area contributed by atoms with E-state index in [1.54, 1.807) is 11.9 Å². The zero-order valence-corrected chi connectivity index (χ0v) is 16.8. The summed E-state index contributed by atoms with van der Waals surface area (Å²) >= 11 is 0. The van der Waals surface area contributed by atoms with Crippen LogP contribution in [0.15, 0.2) is 30.5 Å². The summed E-state index contributed by atoms with van der Waals surface area (Å²) in [5.41, 5.74) is 5.30. The highest BCUT2D eigenvalue weighted by molar-refractivity contribution is 5.42. The predicted molar refractivity (Wildman–Crippen MR) is 105 cm³/mol. The van der Waals surface area contributed by atoms with E-state index < -0.39 is 0 Å². The predicted octanol–water partition coefficient (Wildman–Crippen LogP) is 2.20. The maximum absolute atomic E-state index is 5.83. The molecule has 28 heavy (non-hydrogen) atoms. The first kappa shape index (κ1) is 18.6. The fourth-order valence-corrected chi connectivity index (χ4v) is 3.89. The maximum Gasteiger partial charge on any atom is 0.121 e. The zero-order chi connectivity index (χ0) is 19.7. The summed E-state index contributed by atoms with van der Waals surface area (Å²) in [4.78, 5) is 4.00. The van der Waals surface area contributed by atoms with E-state index >= 15 is 0 Å². The van der Waals surface area contributed by atoms with Crippen LogP contribution in [0.3, 0.4) is 0 Å². The molecule has 0 bridgehead atoms. The van der Waals surface area contributed by atoms with Crippen LogP contribution in [0.5, 0.6) is 5.75 Å². The molecule has 0 radical (unpaired) electrons. The van der Waals surface area contributed by atoms with Crippen molar-refractivity contribution in [1.82, 2.24) is 29.7 Å². The van der Waals surface area contributed by atoms with Gasteiger partial charge in [0.25, 0.3) is 0 Å². The third-order valence-electron chi connectivity index (χ3n) is 5.23. The second kappa shape index (κ2) is 7.73. The number of aromatic nitrogens is 5. The van der Waals surface area contributed by atoms with Gasteiger partial charge in [-0.3, -0.25) is 4.90 Å². The molecule has 0 spiro atoms. The molecule has 1 atom stereocenters. The topological polar surface area (TPSA) is 70.2 Å². The van der Waals surface area contributed by atoms with Crippen LogP contribution >= 0.6 is 0 Å². The molecule has 3 aromatic rings. The van der Waals surface area contributed by atoms with Crippen molar-refractivity contribution in [3.63, 3.8) is 0 Å². The lowest BCUT2D eigenvalue weighted by Gasteiger charge is -2.35. The average Bonchev–Trinajstić information content (AvgIpc) is 3.24. The molecular weight excluding hydrogens is 356 g/mol. The van der Waals surface area contributed by atoms with Crippen LogP contribution in [0.4, 0.5) is 0 Å². The van der Waals surface area contributed by atoms with Crippen molar-refractivity contribution in [1.29, 1.82) is 0 Å². The number of morpholine rings is 1. The van der Waals surface area contributed by atoms with Gasteiger partial charge in [0.2, 0.25) is 0 Å². The van der Waals surface area contributed by atoms with E-state index in [1.165, 1.54) is 5.56 Å². The van der Waals surface area contributed by atoms with Gasteiger partial charge in [0.15, 0.2) is 0 Å². The Balaban J connectivity index is 1.67. The van der Waals surface area contributed by atoms with Gasteiger partial charge in [-0.1, -0.05) is 6.07 Å². The lowest BCUT2D eigenvalue weighted by Crippen LogP contribution is -2.39. The summed E-state index contributed by atoms with van der Waals surface area (Å²) in [6, 6.07) is 8.09. The van der Waals surface area contributed by atoms with Gasteiger partial charge in [-0.25, -0.2) is 4.68 Å². The second-order valence-electron chi connectivity index (χ2n) is 7.08. The SMILES string of the molecule is COc1cccc(-n2nc(C)c(C3COCCN3Cc3cnn(C)n3)c2C)c1. The zero-order valence-electron chi connectivity index (χ0n) is 16.8. The van der Waals surface area contributed by atoms with Crippen molar-refractivity contribution < 1.29 is 9.47 Å². The highest BCUT2D eigenvalue weighted by atomic mass is 16.5. The molecule has 8 heteroatoms. The molecule has 0 N–H and O–H groups in total. The van der Waals surface area contributed by atoms with Gasteiger partial charge in [0, 0.05) is 37.5 Å². The molecule has 3 heterocycles. The van der Waals surface area contributed by atoms with E-state index in [0.717, 1.165) is 48.2 Å². The number of ether oxygens (including phenoxy) is 2. The molecule has 2 aromatic heterocycles. The fourth-order valence-electron chi connectivity index (χ4n) is 3.89. The summed E-state index contributed by atoms with van der Waals surface area (Å²) in [6.07, 6.45) is 1.83. The fraction of sp³-hybridized carbons (Fsp3) is 0.450. The first-order valence-corrected chi connectivity index (χ1v) is 9.44. The Kier molecular flexibility index (Phi) is 5.15. The van der Waals surface area contributed by atoms with Gasteiger partial charge in [0.1, 0.15) is 5.75 Å². The number of hydrogen-bond donors (Lipinski definition) is 0. The van der Waals surface area contributed by atoms with Crippen molar-refractivity contribution in [2.24, 2.45) is 7.05 Å². The van der Waals surface area contributed by atoms with Crippen molar-refractivity contribution >= 4 is 0 Å². The molecule has 0 saturated carbocycles. The van der Waals surface area contributed by atoms with Crippen LogP contribution < -0.4 is 4.74 Å². The van der Waals surface area contributed by atoms with Crippen LogP contribution in [0.2, 0.25) is 0 Å². The van der Waals surface area contributed by atoms with E-state index in [9.17, 15) is 0 Å². The Bertz CT molecular complexity index is 964. The van der Waals surface area contributed by atoms with E-state index in [2.05, 4.69) is 28.9 Å². The molecule has 4 rings (SSSR count). The standard InChI is InChI=1S/C20H26N6O2/c1-14-20(15(2)26(22-14)17-6-5-7-18(10-17)27-4)19-13-28-9-8-25(19)12-16-11-21-24(3)23-16/h5-7,10-11,19H,8-9,12-13H2,1-4H3. The van der Waals surface area contributed by atoms with Crippen LogP contribution in [0, 0.1) is 13.8 Å². The van der Waals surface area contributed by atoms with Crippen molar-refractivity contribution in [2.45, 2.75) is 26.4 Å². The number of aryl methyl sites for hydroxylation is 2. The first-order valence-electron chi connectivity index (χ1n) is 9.44. The minimum absolute atomic E-state index is 0.134. The third-order valence-corrected chi connectivity index (χ3v) is 5.23. The maximum atomic E-state index is 5.83. The van der Waals surface area contributed by atoms with Gasteiger partial charge in [-0.15, -0.1) is 0 Å². The Morgan fingerprint density at radius 1 is 1.25 bits per heavy atom. The monoisotopic (exact) mass is 382 g/mol. The smallest absolute Gasteiger partial charge is 0.121 e. The highest BCUT2D eigenvalue weighted by Gasteiger charge is 2.30. The number of benzene rings is 1. The Morgan fingerprint density at radius 3 is 2.86 bits per heavy atom. The summed E-state index contributed by atoms with van der Waals surface area (Å²) in [5, 5.41) is 13.5. The minimum Gasteiger partial charge on any atom is -0.497 e. The van der Waals surface area contributed by atoms with Gasteiger partial charge in [-0.2, -0.15) is 20.1 Å². The Labute approximate surface area is 164 Å². The summed E-state index contributed by atoms with van der Waals surface area (Å²) in [6.45, 7) is 7.14. The summed E-state index contributed by atoms with van der Waals surface area (Å²) < 4.78 is 13.2. The van der Waals surface area contributed by atoms with E-state index in [1.807, 2.05) is 42.2 Å². The van der Waals surface area contributed by atoms with E-state index in [-0.39, 0.29) is 6.04 Å². The molecular formula is C20H26N6O2. The Morgan fingerprint density at radius 2 is 2.11 bits per heavy atom. The average molecular weight is 382 g/mol. The minimum atomic E-state index is 0.134. The van der Waals surface area contributed by atoms with Gasteiger partial charge in [0.05, 0.1) is 49.6 Å². The van der Waals surface area contributed by atoms with E-state index in [0.29, 0.717) is 6.61 Å². The second-order valence-corrected chi connectivity index (χ2v) is 7.08. The molecule has 0 aliphatic carbocycles. The lowest BCUT2D eigenvalue weighted by molar-refractivity contribution is -0.0137. The van der Waals surface area contributed by atoms with Gasteiger partial charge >= 0.3 is 0 Å². The molecule has 1 aliphatic heterocycles. The largest absolute Gasteiger partial charge is 0.497 e. The summed E-state index contributed by atoms with van der Waals surface area (Å²) in [7, 11) is 3.52. The molecule has 0 amide bonds. The van der Waals surface area contributed by atoms with Crippen LogP contribution in [0.1, 0.15) is 28.7 Å². The highest BCUT2D eigenvalue weighted by Crippen LogP contribution is 2.32. The molecule has 8 nitrogen and oxygen atoms in total. The summed E-state index contributed by atoms with van der Waals surface area (Å²) in [5.74, 6) is 0.817. The van der Waals surface area contributed by atoms with Gasteiger partial charge < -0.3 is 9.47 Å². The van der Waals surface area contributed by atoms with Crippen molar-refractivity contribution in [3.8, 4) is 11.4 Å². The Hall–Kier alpha value is -2.71. The number of rotatable bonds is 5. The van der Waals surface area contributed by atoms with Crippen LogP contribution in [0.25, 0.3) is 5.69 Å². The molecule has 148 valence electrons. The van der Waals surface area contributed by atoms with Crippen molar-refractivity contribution in [2.75, 3.05) is 26.9 Å².